The highest BCUT2D eigenvalue weighted by Crippen LogP contribution is 2.27. The zero-order chi connectivity index (χ0) is 16.6. The van der Waals surface area contributed by atoms with Gasteiger partial charge in [0, 0.05) is 20.1 Å². The Bertz CT molecular complexity index is 672. The molecule has 25 heavy (non-hydrogen) atoms. The largest absolute Gasteiger partial charge is 0.489 e. The van der Waals surface area contributed by atoms with Crippen molar-refractivity contribution in [2.45, 2.75) is 26.0 Å². The van der Waals surface area contributed by atoms with Crippen LogP contribution in [-0.4, -0.2) is 19.6 Å². The second-order valence-corrected chi connectivity index (χ2v) is 6.17. The van der Waals surface area contributed by atoms with Crippen LogP contribution in [0.15, 0.2) is 59.6 Å². The molecule has 4 nitrogen and oxygen atoms in total. The molecule has 1 aliphatic rings. The molecule has 0 saturated heterocycles. The van der Waals surface area contributed by atoms with Crippen LogP contribution in [0, 0.1) is 5.92 Å². The van der Waals surface area contributed by atoms with E-state index in [0.717, 1.165) is 30.7 Å². The van der Waals surface area contributed by atoms with Gasteiger partial charge in [0.05, 0.1) is 0 Å². The quantitative estimate of drug-likeness (QED) is 0.381. The molecule has 0 aliphatic heterocycles. The maximum atomic E-state index is 5.88. The fourth-order valence-corrected chi connectivity index (χ4v) is 2.46. The van der Waals surface area contributed by atoms with Crippen molar-refractivity contribution in [2.75, 3.05) is 13.6 Å². The van der Waals surface area contributed by atoms with Gasteiger partial charge in [-0.1, -0.05) is 42.5 Å². The Labute approximate surface area is 167 Å². The standard InChI is InChI=1S/C20H25N3O.HI/c1-21-20(22-13-16-10-11-16)23-14-18-8-5-9-19(12-18)24-15-17-6-3-2-4-7-17;/h2-9,12,16H,10-11,13-15H2,1H3,(H2,21,22,23);1H. The van der Waals surface area contributed by atoms with E-state index in [2.05, 4.69) is 39.9 Å². The molecule has 0 aromatic heterocycles. The van der Waals surface area contributed by atoms with Crippen molar-refractivity contribution in [3.05, 3.63) is 65.7 Å². The molecule has 1 fully saturated rings. The van der Waals surface area contributed by atoms with Gasteiger partial charge in [-0.05, 0) is 42.0 Å². The summed E-state index contributed by atoms with van der Waals surface area (Å²) in [6.07, 6.45) is 2.68. The Balaban J connectivity index is 0.00000225. The third-order valence-corrected chi connectivity index (χ3v) is 4.09. The fraction of sp³-hybridized carbons (Fsp3) is 0.350. The molecule has 1 aliphatic carbocycles. The second-order valence-electron chi connectivity index (χ2n) is 6.17. The molecule has 0 atom stereocenters. The summed E-state index contributed by atoms with van der Waals surface area (Å²) in [4.78, 5) is 4.26. The molecule has 1 saturated carbocycles. The SMILES string of the molecule is CN=C(NCc1cccc(OCc2ccccc2)c1)NCC1CC1.I. The Morgan fingerprint density at radius 3 is 2.52 bits per heavy atom. The number of nitrogens with one attached hydrogen (secondary N) is 2. The lowest BCUT2D eigenvalue weighted by molar-refractivity contribution is 0.306. The number of hydrogen-bond donors (Lipinski definition) is 2. The fourth-order valence-electron chi connectivity index (χ4n) is 2.46. The van der Waals surface area contributed by atoms with Crippen molar-refractivity contribution >= 4 is 29.9 Å². The van der Waals surface area contributed by atoms with Crippen LogP contribution in [0.5, 0.6) is 5.75 Å². The smallest absolute Gasteiger partial charge is 0.191 e. The van der Waals surface area contributed by atoms with Gasteiger partial charge >= 0.3 is 0 Å². The molecule has 0 spiro atoms. The summed E-state index contributed by atoms with van der Waals surface area (Å²) in [6.45, 7) is 2.33. The molecule has 0 amide bonds. The lowest BCUT2D eigenvalue weighted by atomic mass is 10.2. The third-order valence-electron chi connectivity index (χ3n) is 4.09. The number of benzene rings is 2. The molecule has 0 radical (unpaired) electrons. The molecule has 2 N–H and O–H groups in total. The third kappa shape index (κ3) is 6.94. The van der Waals surface area contributed by atoms with Crippen LogP contribution in [-0.2, 0) is 13.2 Å². The van der Waals surface area contributed by atoms with Gasteiger partial charge in [0.15, 0.2) is 5.96 Å². The monoisotopic (exact) mass is 451 g/mol. The van der Waals surface area contributed by atoms with E-state index in [1.54, 1.807) is 0 Å². The zero-order valence-electron chi connectivity index (χ0n) is 14.6. The molecule has 3 rings (SSSR count). The van der Waals surface area contributed by atoms with E-state index in [0.29, 0.717) is 6.61 Å². The normalized spacial score (nSPS) is 13.7. The minimum absolute atomic E-state index is 0. The molecule has 0 bridgehead atoms. The first-order chi connectivity index (χ1) is 11.8. The van der Waals surface area contributed by atoms with Gasteiger partial charge in [0.1, 0.15) is 12.4 Å². The molecule has 2 aromatic rings. The molecular weight excluding hydrogens is 425 g/mol. The molecular formula is C20H26IN3O. The van der Waals surface area contributed by atoms with Gasteiger partial charge in [-0.15, -0.1) is 24.0 Å². The summed E-state index contributed by atoms with van der Waals surface area (Å²) < 4.78 is 5.88. The number of hydrogen-bond acceptors (Lipinski definition) is 2. The van der Waals surface area contributed by atoms with Crippen LogP contribution < -0.4 is 15.4 Å². The van der Waals surface area contributed by atoms with Crippen molar-refractivity contribution in [3.8, 4) is 5.75 Å². The molecule has 5 heteroatoms. The highest BCUT2D eigenvalue weighted by molar-refractivity contribution is 14.0. The maximum absolute atomic E-state index is 5.88. The predicted molar refractivity (Wildman–Crippen MR) is 114 cm³/mol. The van der Waals surface area contributed by atoms with Gasteiger partial charge in [-0.2, -0.15) is 0 Å². The van der Waals surface area contributed by atoms with Crippen molar-refractivity contribution in [3.63, 3.8) is 0 Å². The van der Waals surface area contributed by atoms with E-state index in [4.69, 9.17) is 4.74 Å². The highest BCUT2D eigenvalue weighted by atomic mass is 127. The summed E-state index contributed by atoms with van der Waals surface area (Å²) in [5.41, 5.74) is 2.35. The number of ether oxygens (including phenoxy) is 1. The van der Waals surface area contributed by atoms with Crippen LogP contribution >= 0.6 is 24.0 Å². The summed E-state index contributed by atoms with van der Waals surface area (Å²) >= 11 is 0. The Kier molecular flexibility index (Phi) is 8.04. The number of rotatable bonds is 7. The van der Waals surface area contributed by atoms with Crippen LogP contribution in [0.4, 0.5) is 0 Å². The lowest BCUT2D eigenvalue weighted by Crippen LogP contribution is -2.37. The number of aliphatic imine (C=N–C) groups is 1. The summed E-state index contributed by atoms with van der Waals surface area (Å²) in [5.74, 6) is 2.58. The summed E-state index contributed by atoms with van der Waals surface area (Å²) in [7, 11) is 1.81. The average Bonchev–Trinajstić information content (AvgIpc) is 3.46. The summed E-state index contributed by atoms with van der Waals surface area (Å²) in [5, 5.41) is 6.72. The predicted octanol–water partition coefficient (Wildman–Crippen LogP) is 3.96. The van der Waals surface area contributed by atoms with Gasteiger partial charge in [-0.3, -0.25) is 4.99 Å². The number of nitrogens with zero attached hydrogens (tertiary/aromatic N) is 1. The first-order valence-corrected chi connectivity index (χ1v) is 8.53. The molecule has 2 aromatic carbocycles. The van der Waals surface area contributed by atoms with Crippen molar-refractivity contribution < 1.29 is 4.74 Å². The van der Waals surface area contributed by atoms with Crippen molar-refractivity contribution in [2.24, 2.45) is 10.9 Å². The minimum Gasteiger partial charge on any atom is -0.489 e. The maximum Gasteiger partial charge on any atom is 0.191 e. The highest BCUT2D eigenvalue weighted by Gasteiger charge is 2.20. The van der Waals surface area contributed by atoms with Crippen LogP contribution in [0.1, 0.15) is 24.0 Å². The van der Waals surface area contributed by atoms with Gasteiger partial charge in [0.2, 0.25) is 0 Å². The zero-order valence-corrected chi connectivity index (χ0v) is 16.9. The van der Waals surface area contributed by atoms with E-state index in [9.17, 15) is 0 Å². The van der Waals surface area contributed by atoms with E-state index >= 15 is 0 Å². The van der Waals surface area contributed by atoms with Gasteiger partial charge in [0.25, 0.3) is 0 Å². The Morgan fingerprint density at radius 1 is 1.04 bits per heavy atom. The first kappa shape index (κ1) is 19.6. The van der Waals surface area contributed by atoms with E-state index in [1.807, 2.05) is 37.4 Å². The molecule has 134 valence electrons. The van der Waals surface area contributed by atoms with Crippen LogP contribution in [0.3, 0.4) is 0 Å². The van der Waals surface area contributed by atoms with E-state index < -0.39 is 0 Å². The summed E-state index contributed by atoms with van der Waals surface area (Å²) in [6, 6.07) is 18.4. The Hall–Kier alpha value is -1.76. The van der Waals surface area contributed by atoms with Crippen LogP contribution in [0.25, 0.3) is 0 Å². The second kappa shape index (κ2) is 10.3. The molecule has 0 unspecified atom stereocenters. The number of guanidine groups is 1. The Morgan fingerprint density at radius 2 is 1.80 bits per heavy atom. The number of halogens is 1. The lowest BCUT2D eigenvalue weighted by Gasteiger charge is -2.12. The minimum atomic E-state index is 0. The van der Waals surface area contributed by atoms with E-state index in [1.165, 1.54) is 24.0 Å². The average molecular weight is 451 g/mol. The van der Waals surface area contributed by atoms with Crippen LogP contribution in [0.2, 0.25) is 0 Å². The topological polar surface area (TPSA) is 45.7 Å². The van der Waals surface area contributed by atoms with Crippen molar-refractivity contribution in [1.29, 1.82) is 0 Å². The first-order valence-electron chi connectivity index (χ1n) is 8.53. The van der Waals surface area contributed by atoms with Gasteiger partial charge < -0.3 is 15.4 Å². The van der Waals surface area contributed by atoms with E-state index in [-0.39, 0.29) is 24.0 Å². The molecule has 0 heterocycles. The van der Waals surface area contributed by atoms with Crippen molar-refractivity contribution in [1.82, 2.24) is 10.6 Å². The van der Waals surface area contributed by atoms with Gasteiger partial charge in [-0.25, -0.2) is 0 Å².